The summed E-state index contributed by atoms with van der Waals surface area (Å²) in [6.45, 7) is 6.32. The van der Waals surface area contributed by atoms with Gasteiger partial charge in [0.2, 0.25) is 0 Å². The molecule has 5 heteroatoms. The van der Waals surface area contributed by atoms with E-state index < -0.39 is 12.7 Å². The topological polar surface area (TPSA) is 15.3 Å². The fourth-order valence-corrected chi connectivity index (χ4v) is 2.25. The normalized spacial score (nSPS) is 30.4. The molecule has 0 aromatic heterocycles. The Kier molecular flexibility index (Phi) is 4.62. The Morgan fingerprint density at radius 1 is 1.44 bits per heavy atom. The molecule has 3 atom stereocenters. The first kappa shape index (κ1) is 13.8. The summed E-state index contributed by atoms with van der Waals surface area (Å²) >= 11 is 0. The third kappa shape index (κ3) is 3.94. The van der Waals surface area contributed by atoms with Gasteiger partial charge in [0.15, 0.2) is 0 Å². The van der Waals surface area contributed by atoms with Gasteiger partial charge in [-0.15, -0.1) is 0 Å². The monoisotopic (exact) mass is 238 g/mol. The van der Waals surface area contributed by atoms with Crippen LogP contribution in [0.25, 0.3) is 0 Å². The average molecular weight is 238 g/mol. The van der Waals surface area contributed by atoms with E-state index in [0.29, 0.717) is 19.0 Å². The molecule has 1 N–H and O–H groups in total. The maximum Gasteiger partial charge on any atom is 0.401 e. The van der Waals surface area contributed by atoms with E-state index in [0.717, 1.165) is 6.42 Å². The molecule has 1 heterocycles. The molecule has 0 saturated carbocycles. The zero-order chi connectivity index (χ0) is 12.3. The lowest BCUT2D eigenvalue weighted by Crippen LogP contribution is -2.59. The Labute approximate surface area is 95.2 Å². The van der Waals surface area contributed by atoms with Gasteiger partial charge < -0.3 is 5.32 Å². The number of hydrogen-bond acceptors (Lipinski definition) is 2. The number of halogens is 3. The maximum absolute atomic E-state index is 12.4. The Hall–Kier alpha value is -0.290. The molecule has 0 bridgehead atoms. The highest BCUT2D eigenvalue weighted by atomic mass is 19.4. The minimum absolute atomic E-state index is 0.00262. The van der Waals surface area contributed by atoms with E-state index in [-0.39, 0.29) is 12.1 Å². The fraction of sp³-hybridized carbons (Fsp3) is 1.00. The SMILES string of the molecule is CCC(C)C1CNC(C)CN1CC(F)(F)F. The van der Waals surface area contributed by atoms with Crippen LogP contribution in [0.3, 0.4) is 0 Å². The molecule has 1 rings (SSSR count). The lowest BCUT2D eigenvalue weighted by molar-refractivity contribution is -0.156. The molecule has 0 amide bonds. The molecule has 96 valence electrons. The zero-order valence-electron chi connectivity index (χ0n) is 10.1. The van der Waals surface area contributed by atoms with Gasteiger partial charge in [-0.1, -0.05) is 20.3 Å². The summed E-state index contributed by atoms with van der Waals surface area (Å²) in [6, 6.07) is 0.144. The van der Waals surface area contributed by atoms with Gasteiger partial charge in [0.1, 0.15) is 0 Å². The largest absolute Gasteiger partial charge is 0.401 e. The van der Waals surface area contributed by atoms with Gasteiger partial charge in [0.05, 0.1) is 6.54 Å². The Bertz CT molecular complexity index is 218. The number of piperazine rings is 1. The van der Waals surface area contributed by atoms with E-state index in [4.69, 9.17) is 0 Å². The van der Waals surface area contributed by atoms with Crippen molar-refractivity contribution in [3.05, 3.63) is 0 Å². The highest BCUT2D eigenvalue weighted by Gasteiger charge is 2.37. The molecule has 1 aliphatic rings. The van der Waals surface area contributed by atoms with Crippen LogP contribution in [0.4, 0.5) is 13.2 Å². The third-order valence-electron chi connectivity index (χ3n) is 3.34. The predicted molar refractivity (Wildman–Crippen MR) is 58.3 cm³/mol. The molecule has 0 spiro atoms. The van der Waals surface area contributed by atoms with E-state index in [1.54, 1.807) is 4.90 Å². The molecule has 0 aliphatic carbocycles. The summed E-state index contributed by atoms with van der Waals surface area (Å²) in [7, 11) is 0. The lowest BCUT2D eigenvalue weighted by atomic mass is 9.95. The van der Waals surface area contributed by atoms with Crippen molar-refractivity contribution in [3.63, 3.8) is 0 Å². The van der Waals surface area contributed by atoms with Crippen molar-refractivity contribution in [2.24, 2.45) is 5.92 Å². The molecule has 1 aliphatic heterocycles. The van der Waals surface area contributed by atoms with Gasteiger partial charge in [-0.2, -0.15) is 13.2 Å². The smallest absolute Gasteiger partial charge is 0.311 e. The Balaban J connectivity index is 2.65. The Morgan fingerprint density at radius 2 is 2.06 bits per heavy atom. The Morgan fingerprint density at radius 3 is 2.56 bits per heavy atom. The maximum atomic E-state index is 12.4. The van der Waals surface area contributed by atoms with E-state index in [9.17, 15) is 13.2 Å². The highest BCUT2D eigenvalue weighted by Crippen LogP contribution is 2.23. The molecule has 3 unspecified atom stereocenters. The summed E-state index contributed by atoms with van der Waals surface area (Å²) in [5.41, 5.74) is 0. The fourth-order valence-electron chi connectivity index (χ4n) is 2.25. The van der Waals surface area contributed by atoms with Crippen LogP contribution in [0.2, 0.25) is 0 Å². The second kappa shape index (κ2) is 5.36. The first-order valence-corrected chi connectivity index (χ1v) is 5.87. The number of nitrogens with one attached hydrogen (secondary N) is 1. The second-order valence-corrected chi connectivity index (χ2v) is 4.81. The van der Waals surface area contributed by atoms with Crippen molar-refractivity contribution in [1.82, 2.24) is 10.2 Å². The van der Waals surface area contributed by atoms with Crippen molar-refractivity contribution < 1.29 is 13.2 Å². The number of hydrogen-bond donors (Lipinski definition) is 1. The van der Waals surface area contributed by atoms with Gasteiger partial charge in [-0.25, -0.2) is 0 Å². The van der Waals surface area contributed by atoms with Crippen LogP contribution < -0.4 is 5.32 Å². The lowest BCUT2D eigenvalue weighted by Gasteiger charge is -2.42. The summed E-state index contributed by atoms with van der Waals surface area (Å²) < 4.78 is 37.3. The van der Waals surface area contributed by atoms with E-state index >= 15 is 0 Å². The molecule has 0 radical (unpaired) electrons. The minimum atomic E-state index is -4.09. The number of nitrogens with zero attached hydrogens (tertiary/aromatic N) is 1. The highest BCUT2D eigenvalue weighted by molar-refractivity contribution is 4.87. The predicted octanol–water partition coefficient (Wildman–Crippen LogP) is 2.26. The molecule has 0 aromatic carbocycles. The van der Waals surface area contributed by atoms with E-state index in [1.165, 1.54) is 0 Å². The molecular weight excluding hydrogens is 217 g/mol. The minimum Gasteiger partial charge on any atom is -0.311 e. The molecular formula is C11H21F3N2. The van der Waals surface area contributed by atoms with E-state index in [2.05, 4.69) is 5.32 Å². The number of alkyl halides is 3. The number of rotatable bonds is 3. The van der Waals surface area contributed by atoms with Crippen molar-refractivity contribution in [2.75, 3.05) is 19.6 Å². The summed E-state index contributed by atoms with van der Waals surface area (Å²) in [5.74, 6) is 0.294. The van der Waals surface area contributed by atoms with Crippen LogP contribution >= 0.6 is 0 Å². The first-order chi connectivity index (χ1) is 7.33. The molecule has 2 nitrogen and oxygen atoms in total. The van der Waals surface area contributed by atoms with Gasteiger partial charge in [-0.3, -0.25) is 4.90 Å². The van der Waals surface area contributed by atoms with Crippen LogP contribution in [-0.4, -0.2) is 42.8 Å². The van der Waals surface area contributed by atoms with Gasteiger partial charge >= 0.3 is 6.18 Å². The third-order valence-corrected chi connectivity index (χ3v) is 3.34. The summed E-state index contributed by atoms with van der Waals surface area (Å²) in [5, 5.41) is 3.25. The van der Waals surface area contributed by atoms with Crippen molar-refractivity contribution >= 4 is 0 Å². The summed E-state index contributed by atoms with van der Waals surface area (Å²) in [4.78, 5) is 1.58. The van der Waals surface area contributed by atoms with Crippen LogP contribution in [0.1, 0.15) is 27.2 Å². The van der Waals surface area contributed by atoms with Gasteiger partial charge in [0.25, 0.3) is 0 Å². The van der Waals surface area contributed by atoms with Gasteiger partial charge in [-0.05, 0) is 12.8 Å². The average Bonchev–Trinajstić information content (AvgIpc) is 2.14. The summed E-state index contributed by atoms with van der Waals surface area (Å²) in [6.07, 6.45) is -3.18. The van der Waals surface area contributed by atoms with Crippen molar-refractivity contribution in [2.45, 2.75) is 45.5 Å². The van der Waals surface area contributed by atoms with Crippen LogP contribution in [0.5, 0.6) is 0 Å². The zero-order valence-corrected chi connectivity index (χ0v) is 10.1. The standard InChI is InChI=1S/C11H21F3N2/c1-4-8(2)10-5-15-9(3)6-16(10)7-11(12,13)14/h8-10,15H,4-7H2,1-3H3. The van der Waals surface area contributed by atoms with E-state index in [1.807, 2.05) is 20.8 Å². The quantitative estimate of drug-likeness (QED) is 0.811. The van der Waals surface area contributed by atoms with Gasteiger partial charge in [0, 0.05) is 25.2 Å². The van der Waals surface area contributed by atoms with Crippen LogP contribution in [-0.2, 0) is 0 Å². The molecule has 1 fully saturated rings. The van der Waals surface area contributed by atoms with Crippen LogP contribution in [0, 0.1) is 5.92 Å². The van der Waals surface area contributed by atoms with Crippen LogP contribution in [0.15, 0.2) is 0 Å². The molecule has 1 saturated heterocycles. The molecule has 16 heavy (non-hydrogen) atoms. The van der Waals surface area contributed by atoms with Crippen molar-refractivity contribution in [1.29, 1.82) is 0 Å². The molecule has 0 aromatic rings. The first-order valence-electron chi connectivity index (χ1n) is 5.87. The van der Waals surface area contributed by atoms with Crippen molar-refractivity contribution in [3.8, 4) is 0 Å². The second-order valence-electron chi connectivity index (χ2n) is 4.81.